The number of amides is 2. The van der Waals surface area contributed by atoms with Crippen LogP contribution in [0.4, 0.5) is 5.69 Å². The van der Waals surface area contributed by atoms with E-state index < -0.39 is 11.8 Å². The number of anilines is 1. The molecule has 0 saturated heterocycles. The topological polar surface area (TPSA) is 109 Å². The lowest BCUT2D eigenvalue weighted by Gasteiger charge is -2.07. The molecule has 2 aromatic carbocycles. The van der Waals surface area contributed by atoms with Crippen molar-refractivity contribution in [1.82, 2.24) is 5.43 Å². The number of unbranched alkanes of at least 4 members (excludes halogenated alkanes) is 1. The number of hydrazone groups is 1. The minimum Gasteiger partial charge on any atom is -0.503 e. The highest BCUT2D eigenvalue weighted by molar-refractivity contribution is 9.10. The first-order valence-electron chi connectivity index (χ1n) is 8.88. The van der Waals surface area contributed by atoms with Gasteiger partial charge >= 0.3 is 11.8 Å². The lowest BCUT2D eigenvalue weighted by Crippen LogP contribution is -2.32. The van der Waals surface area contributed by atoms with Gasteiger partial charge in [-0.25, -0.2) is 5.43 Å². The van der Waals surface area contributed by atoms with Crippen LogP contribution in [0, 0.1) is 0 Å². The fraction of sp³-hybridized carbons (Fsp3) is 0.250. The van der Waals surface area contributed by atoms with Gasteiger partial charge in [0.05, 0.1) is 24.4 Å². The number of nitrogens with one attached hydrogen (secondary N) is 2. The number of nitrogens with zero attached hydrogens (tertiary/aromatic N) is 1. The smallest absolute Gasteiger partial charge is 0.329 e. The molecule has 0 fully saturated rings. The van der Waals surface area contributed by atoms with Gasteiger partial charge in [0.15, 0.2) is 11.5 Å². The SMILES string of the molecule is CCCCOc1ccc(NC(=O)C(=O)N/N=C\c2cc(Br)c(O)c(OC)c2)cc1. The summed E-state index contributed by atoms with van der Waals surface area (Å²) in [4.78, 5) is 23.8. The van der Waals surface area contributed by atoms with Gasteiger partial charge in [0.1, 0.15) is 5.75 Å². The van der Waals surface area contributed by atoms with Gasteiger partial charge in [-0.2, -0.15) is 5.10 Å². The second kappa shape index (κ2) is 11.1. The Hall–Kier alpha value is -3.07. The van der Waals surface area contributed by atoms with Crippen molar-refractivity contribution in [3.05, 3.63) is 46.4 Å². The molecule has 0 unspecified atom stereocenters. The first-order valence-corrected chi connectivity index (χ1v) is 9.67. The predicted octanol–water partition coefficient (Wildman–Crippen LogP) is 3.43. The normalized spacial score (nSPS) is 10.6. The Morgan fingerprint density at radius 3 is 2.59 bits per heavy atom. The number of aromatic hydroxyl groups is 1. The summed E-state index contributed by atoms with van der Waals surface area (Å²) in [6.45, 7) is 2.71. The van der Waals surface area contributed by atoms with Crippen LogP contribution < -0.4 is 20.2 Å². The van der Waals surface area contributed by atoms with Crippen molar-refractivity contribution < 1.29 is 24.2 Å². The Morgan fingerprint density at radius 2 is 1.93 bits per heavy atom. The standard InChI is InChI=1S/C20H22BrN3O5/c1-3-4-9-29-15-7-5-14(6-8-15)23-19(26)20(27)24-22-12-13-10-16(21)18(25)17(11-13)28-2/h5-8,10-12,25H,3-4,9H2,1-2H3,(H,23,26)(H,24,27)/b22-12-. The monoisotopic (exact) mass is 463 g/mol. The zero-order valence-corrected chi connectivity index (χ0v) is 17.7. The molecule has 29 heavy (non-hydrogen) atoms. The Morgan fingerprint density at radius 1 is 1.21 bits per heavy atom. The largest absolute Gasteiger partial charge is 0.503 e. The van der Waals surface area contributed by atoms with Gasteiger partial charge in [-0.3, -0.25) is 9.59 Å². The molecule has 9 heteroatoms. The molecule has 0 aliphatic carbocycles. The number of hydrogen-bond acceptors (Lipinski definition) is 6. The number of phenols is 1. The second-order valence-corrected chi connectivity index (χ2v) is 6.79. The molecule has 0 aliphatic heterocycles. The highest BCUT2D eigenvalue weighted by Gasteiger charge is 2.13. The van der Waals surface area contributed by atoms with Crippen LogP contribution in [-0.4, -0.2) is 36.9 Å². The predicted molar refractivity (Wildman–Crippen MR) is 114 cm³/mol. The zero-order chi connectivity index (χ0) is 21.2. The summed E-state index contributed by atoms with van der Waals surface area (Å²) in [5, 5.41) is 16.0. The van der Waals surface area contributed by atoms with E-state index in [9.17, 15) is 14.7 Å². The molecule has 0 bridgehead atoms. The molecule has 0 aromatic heterocycles. The average Bonchev–Trinajstić information content (AvgIpc) is 2.71. The van der Waals surface area contributed by atoms with Crippen LogP contribution in [0.25, 0.3) is 0 Å². The minimum absolute atomic E-state index is 0.0464. The van der Waals surface area contributed by atoms with E-state index in [1.54, 1.807) is 30.3 Å². The number of carbonyl (C=O) groups is 2. The van der Waals surface area contributed by atoms with Crippen LogP contribution in [0.1, 0.15) is 25.3 Å². The molecule has 8 nitrogen and oxygen atoms in total. The maximum atomic E-state index is 12.0. The molecule has 0 spiro atoms. The molecule has 154 valence electrons. The Labute approximate surface area is 177 Å². The van der Waals surface area contributed by atoms with Crippen molar-refractivity contribution >= 4 is 39.6 Å². The fourth-order valence-electron chi connectivity index (χ4n) is 2.20. The molecule has 0 saturated carbocycles. The third-order valence-electron chi connectivity index (χ3n) is 3.74. The van der Waals surface area contributed by atoms with Crippen molar-refractivity contribution in [3.63, 3.8) is 0 Å². The quantitative estimate of drug-likeness (QED) is 0.240. The van der Waals surface area contributed by atoms with Crippen molar-refractivity contribution in [2.24, 2.45) is 5.10 Å². The third kappa shape index (κ3) is 6.79. The van der Waals surface area contributed by atoms with Gasteiger partial charge in [0.2, 0.25) is 0 Å². The molecular weight excluding hydrogens is 442 g/mol. The molecule has 0 heterocycles. The lowest BCUT2D eigenvalue weighted by atomic mass is 10.2. The first kappa shape index (κ1) is 22.2. The van der Waals surface area contributed by atoms with Gasteiger partial charge in [-0.15, -0.1) is 0 Å². The van der Waals surface area contributed by atoms with E-state index in [2.05, 4.69) is 38.7 Å². The van der Waals surface area contributed by atoms with Crippen LogP contribution in [0.5, 0.6) is 17.2 Å². The van der Waals surface area contributed by atoms with Crippen LogP contribution in [0.15, 0.2) is 46.0 Å². The van der Waals surface area contributed by atoms with Gasteiger partial charge < -0.3 is 19.9 Å². The Bertz CT molecular complexity index is 884. The number of ether oxygens (including phenoxy) is 2. The summed E-state index contributed by atoms with van der Waals surface area (Å²) in [5.74, 6) is -0.886. The van der Waals surface area contributed by atoms with Crippen molar-refractivity contribution in [2.45, 2.75) is 19.8 Å². The van der Waals surface area contributed by atoms with Crippen LogP contribution in [0.3, 0.4) is 0 Å². The van der Waals surface area contributed by atoms with Crippen molar-refractivity contribution in [1.29, 1.82) is 0 Å². The van der Waals surface area contributed by atoms with Crippen LogP contribution in [0.2, 0.25) is 0 Å². The van der Waals surface area contributed by atoms with Gasteiger partial charge in [0.25, 0.3) is 0 Å². The van der Waals surface area contributed by atoms with Gasteiger partial charge in [-0.05, 0) is 64.3 Å². The number of benzene rings is 2. The molecule has 0 atom stereocenters. The van der Waals surface area contributed by atoms with E-state index in [0.717, 1.165) is 12.8 Å². The molecule has 0 aliphatic rings. The molecule has 2 amide bonds. The second-order valence-electron chi connectivity index (χ2n) is 5.93. The van der Waals surface area contributed by atoms with E-state index >= 15 is 0 Å². The van der Waals surface area contributed by atoms with Crippen LogP contribution >= 0.6 is 15.9 Å². The summed E-state index contributed by atoms with van der Waals surface area (Å²) in [6, 6.07) is 9.85. The maximum Gasteiger partial charge on any atom is 0.329 e. The fourth-order valence-corrected chi connectivity index (χ4v) is 2.66. The number of phenolic OH excluding ortho intramolecular Hbond substituents is 1. The molecule has 3 N–H and O–H groups in total. The Kier molecular flexibility index (Phi) is 8.47. The number of carbonyl (C=O) groups excluding carboxylic acids is 2. The Balaban J connectivity index is 1.88. The first-order chi connectivity index (χ1) is 13.9. The summed E-state index contributed by atoms with van der Waals surface area (Å²) in [7, 11) is 1.42. The van der Waals surface area contributed by atoms with Crippen molar-refractivity contribution in [2.75, 3.05) is 19.0 Å². The molecule has 0 radical (unpaired) electrons. The number of halogens is 1. The summed E-state index contributed by atoms with van der Waals surface area (Å²) in [6.07, 6.45) is 3.33. The van der Waals surface area contributed by atoms with E-state index in [-0.39, 0.29) is 11.5 Å². The summed E-state index contributed by atoms with van der Waals surface area (Å²) in [5.41, 5.74) is 3.15. The molecule has 2 rings (SSSR count). The average molecular weight is 464 g/mol. The van der Waals surface area contributed by atoms with E-state index in [1.165, 1.54) is 19.4 Å². The van der Waals surface area contributed by atoms with E-state index in [1.807, 2.05) is 0 Å². The van der Waals surface area contributed by atoms with Crippen LogP contribution in [-0.2, 0) is 9.59 Å². The number of rotatable bonds is 8. The zero-order valence-electron chi connectivity index (χ0n) is 16.1. The van der Waals surface area contributed by atoms with E-state index in [0.29, 0.717) is 28.1 Å². The maximum absolute atomic E-state index is 12.0. The highest BCUT2D eigenvalue weighted by Crippen LogP contribution is 2.34. The minimum atomic E-state index is -0.922. The third-order valence-corrected chi connectivity index (χ3v) is 4.34. The number of hydrogen-bond donors (Lipinski definition) is 3. The number of methoxy groups -OCH3 is 1. The van der Waals surface area contributed by atoms with Gasteiger partial charge in [0, 0.05) is 5.69 Å². The van der Waals surface area contributed by atoms with E-state index in [4.69, 9.17) is 9.47 Å². The molecule has 2 aromatic rings. The highest BCUT2D eigenvalue weighted by atomic mass is 79.9. The van der Waals surface area contributed by atoms with Gasteiger partial charge in [-0.1, -0.05) is 13.3 Å². The van der Waals surface area contributed by atoms with Crippen molar-refractivity contribution in [3.8, 4) is 17.2 Å². The lowest BCUT2D eigenvalue weighted by molar-refractivity contribution is -0.136. The summed E-state index contributed by atoms with van der Waals surface area (Å²) < 4.78 is 11.0. The molecular formula is C20H22BrN3O5. The summed E-state index contributed by atoms with van der Waals surface area (Å²) >= 11 is 3.19.